The monoisotopic (exact) mass is 537 g/mol. The second-order valence-corrected chi connectivity index (χ2v) is 11.4. The molecule has 0 unspecified atom stereocenters. The Morgan fingerprint density at radius 2 is 1.95 bits per heavy atom. The topological polar surface area (TPSA) is 127 Å². The number of hydrazine groups is 1. The summed E-state index contributed by atoms with van der Waals surface area (Å²) >= 11 is 0. The molecule has 212 valence electrons. The highest BCUT2D eigenvalue weighted by molar-refractivity contribution is 5.89. The van der Waals surface area contributed by atoms with E-state index in [0.717, 1.165) is 28.6 Å². The third-order valence-corrected chi connectivity index (χ3v) is 6.89. The van der Waals surface area contributed by atoms with Crippen molar-refractivity contribution in [1.29, 1.82) is 0 Å². The van der Waals surface area contributed by atoms with E-state index in [1.165, 1.54) is 5.01 Å². The number of ether oxygens (including phenoxy) is 1. The van der Waals surface area contributed by atoms with Gasteiger partial charge in [0.15, 0.2) is 0 Å². The van der Waals surface area contributed by atoms with Gasteiger partial charge in [-0.2, -0.15) is 0 Å². The van der Waals surface area contributed by atoms with Gasteiger partial charge in [0.1, 0.15) is 18.2 Å². The average molecular weight is 538 g/mol. The van der Waals surface area contributed by atoms with E-state index in [4.69, 9.17) is 15.5 Å². The summed E-state index contributed by atoms with van der Waals surface area (Å²) in [6, 6.07) is 8.98. The summed E-state index contributed by atoms with van der Waals surface area (Å²) in [6.07, 6.45) is 5.53. The zero-order valence-corrected chi connectivity index (χ0v) is 24.0. The van der Waals surface area contributed by atoms with E-state index in [9.17, 15) is 14.4 Å². The number of nitrogens with zero attached hydrogens (tertiary/aromatic N) is 2. The summed E-state index contributed by atoms with van der Waals surface area (Å²) in [6.45, 7) is 12.4. The van der Waals surface area contributed by atoms with Gasteiger partial charge in [0.25, 0.3) is 5.91 Å². The van der Waals surface area contributed by atoms with Crippen molar-refractivity contribution >= 4 is 34.7 Å². The number of nitrogens with one attached hydrogen (secondary N) is 2. The van der Waals surface area contributed by atoms with Gasteiger partial charge in [0.05, 0.1) is 12.1 Å². The first kappa shape index (κ1) is 30.2. The zero-order chi connectivity index (χ0) is 28.7. The molecule has 1 aromatic heterocycles. The van der Waals surface area contributed by atoms with Crippen LogP contribution in [0.4, 0.5) is 0 Å². The molecule has 0 radical (unpaired) electrons. The number of carbonyl (C=O) groups excluding carboxylic acids is 3. The Kier molecular flexibility index (Phi) is 10.2. The smallest absolute Gasteiger partial charge is 0.258 e. The predicted molar refractivity (Wildman–Crippen MR) is 153 cm³/mol. The molecule has 2 heterocycles. The van der Waals surface area contributed by atoms with Gasteiger partial charge in [0, 0.05) is 23.0 Å². The number of hydrogen-bond donors (Lipinski definition) is 3. The van der Waals surface area contributed by atoms with Gasteiger partial charge in [-0.1, -0.05) is 65.0 Å². The quantitative estimate of drug-likeness (QED) is 0.403. The van der Waals surface area contributed by atoms with Crippen molar-refractivity contribution < 1.29 is 19.1 Å². The minimum absolute atomic E-state index is 0.0984. The highest BCUT2D eigenvalue weighted by Crippen LogP contribution is 2.23. The molecule has 9 heteroatoms. The third-order valence-electron chi connectivity index (χ3n) is 6.89. The molecule has 3 rings (SSSR count). The number of amides is 3. The zero-order valence-electron chi connectivity index (χ0n) is 24.0. The molecular weight excluding hydrogens is 494 g/mol. The Morgan fingerprint density at radius 1 is 1.23 bits per heavy atom. The number of fused-ring (bicyclic) bond motifs is 1. The van der Waals surface area contributed by atoms with Crippen molar-refractivity contribution in [2.24, 2.45) is 17.1 Å². The Bertz CT molecular complexity index is 1210. The van der Waals surface area contributed by atoms with Crippen molar-refractivity contribution in [3.63, 3.8) is 0 Å². The number of carbonyl (C=O) groups is 3. The molecule has 1 fully saturated rings. The molecule has 1 aromatic carbocycles. The number of nitrogens with two attached hydrogens (primary N) is 1. The van der Waals surface area contributed by atoms with Crippen LogP contribution in [0, 0.1) is 11.3 Å². The lowest BCUT2D eigenvalue weighted by Gasteiger charge is -2.34. The van der Waals surface area contributed by atoms with Crippen molar-refractivity contribution in [2.75, 3.05) is 13.2 Å². The highest BCUT2D eigenvalue weighted by atomic mass is 16.5. The lowest BCUT2D eigenvalue weighted by molar-refractivity contribution is -0.146. The fourth-order valence-corrected chi connectivity index (χ4v) is 4.46. The molecule has 2 aromatic rings. The molecule has 0 bridgehead atoms. The van der Waals surface area contributed by atoms with E-state index in [2.05, 4.69) is 74.0 Å². The van der Waals surface area contributed by atoms with Crippen LogP contribution in [-0.4, -0.2) is 59.1 Å². The normalized spacial score (nSPS) is 17.9. The lowest BCUT2D eigenvalue weighted by atomic mass is 9.93. The third kappa shape index (κ3) is 8.34. The van der Waals surface area contributed by atoms with Crippen LogP contribution < -0.4 is 16.5 Å². The summed E-state index contributed by atoms with van der Waals surface area (Å²) in [4.78, 5) is 42.2. The van der Waals surface area contributed by atoms with Crippen LogP contribution >= 0.6 is 0 Å². The number of hydrogen-bond acceptors (Lipinski definition) is 6. The molecule has 1 aliphatic heterocycles. The maximum absolute atomic E-state index is 13.1. The van der Waals surface area contributed by atoms with E-state index < -0.39 is 24.1 Å². The van der Waals surface area contributed by atoms with Crippen LogP contribution in [0.15, 0.2) is 36.4 Å². The van der Waals surface area contributed by atoms with E-state index >= 15 is 0 Å². The number of primary amides is 1. The van der Waals surface area contributed by atoms with Gasteiger partial charge in [-0.15, -0.1) is 0 Å². The van der Waals surface area contributed by atoms with Crippen molar-refractivity contribution in [3.05, 3.63) is 47.7 Å². The SMILES string of the molecule is CCc1ccc2ccc(/C=C/C(C)(C)CO[C@H](C(=O)N[C@@H](C)C(=O)N3CCC[C@@H](C(N)=O)N3)C(C)C)cc2n1. The first-order valence-electron chi connectivity index (χ1n) is 13.8. The number of aromatic nitrogens is 1. The molecule has 39 heavy (non-hydrogen) atoms. The van der Waals surface area contributed by atoms with Crippen molar-refractivity contribution in [1.82, 2.24) is 20.7 Å². The minimum atomic E-state index is -0.788. The fraction of sp³-hybridized carbons (Fsp3) is 0.533. The van der Waals surface area contributed by atoms with Gasteiger partial charge in [-0.25, -0.2) is 5.43 Å². The fourth-order valence-electron chi connectivity index (χ4n) is 4.46. The molecule has 0 spiro atoms. The largest absolute Gasteiger partial charge is 0.368 e. The summed E-state index contributed by atoms with van der Waals surface area (Å²) in [5.74, 6) is -1.27. The molecule has 1 saturated heterocycles. The van der Waals surface area contributed by atoms with Gasteiger partial charge >= 0.3 is 0 Å². The van der Waals surface area contributed by atoms with Crippen LogP contribution in [-0.2, 0) is 25.5 Å². The first-order chi connectivity index (χ1) is 18.4. The Labute approximate surface area is 231 Å². The van der Waals surface area contributed by atoms with Crippen LogP contribution in [0.25, 0.3) is 17.0 Å². The molecule has 3 atom stereocenters. The van der Waals surface area contributed by atoms with Crippen LogP contribution in [0.3, 0.4) is 0 Å². The second-order valence-electron chi connectivity index (χ2n) is 11.4. The lowest BCUT2D eigenvalue weighted by Crippen LogP contribution is -2.60. The van der Waals surface area contributed by atoms with Crippen LogP contribution in [0.1, 0.15) is 65.6 Å². The van der Waals surface area contributed by atoms with Crippen LogP contribution in [0.5, 0.6) is 0 Å². The van der Waals surface area contributed by atoms with E-state index in [1.807, 2.05) is 13.8 Å². The molecule has 0 saturated carbocycles. The Balaban J connectivity index is 1.59. The second kappa shape index (κ2) is 13.2. The average Bonchev–Trinajstić information content (AvgIpc) is 2.90. The summed E-state index contributed by atoms with van der Waals surface area (Å²) in [7, 11) is 0. The van der Waals surface area contributed by atoms with E-state index in [0.29, 0.717) is 26.0 Å². The Morgan fingerprint density at radius 3 is 2.62 bits per heavy atom. The minimum Gasteiger partial charge on any atom is -0.368 e. The van der Waals surface area contributed by atoms with Crippen molar-refractivity contribution in [3.8, 4) is 0 Å². The van der Waals surface area contributed by atoms with Crippen LogP contribution in [0.2, 0.25) is 0 Å². The maximum Gasteiger partial charge on any atom is 0.258 e. The summed E-state index contributed by atoms with van der Waals surface area (Å²) < 4.78 is 6.12. The molecule has 0 aliphatic carbocycles. The van der Waals surface area contributed by atoms with Gasteiger partial charge in [0.2, 0.25) is 11.8 Å². The number of pyridine rings is 1. The van der Waals surface area contributed by atoms with Gasteiger partial charge < -0.3 is 15.8 Å². The number of rotatable bonds is 11. The number of benzene rings is 1. The molecule has 4 N–H and O–H groups in total. The number of aryl methyl sites for hydroxylation is 1. The van der Waals surface area contributed by atoms with E-state index in [-0.39, 0.29) is 23.1 Å². The molecule has 1 aliphatic rings. The van der Waals surface area contributed by atoms with Crippen molar-refractivity contribution in [2.45, 2.75) is 79.0 Å². The molecule has 9 nitrogen and oxygen atoms in total. The Hall–Kier alpha value is -3.30. The van der Waals surface area contributed by atoms with Gasteiger partial charge in [-0.3, -0.25) is 24.4 Å². The van der Waals surface area contributed by atoms with Gasteiger partial charge in [-0.05, 0) is 49.8 Å². The standard InChI is InChI=1S/C30H43N5O4/c1-7-23-13-12-22-11-10-21(17-25(22)33-23)14-15-30(5,6)18-39-26(19(2)3)28(37)32-20(4)29(38)35-16-8-9-24(34-35)27(31)36/h10-15,17,19-20,24,26,34H,7-9,16,18H2,1-6H3,(H2,31,36)(H,32,37)/b15-14+/t20-,24-,26-/m0/s1. The van der Waals surface area contributed by atoms with E-state index in [1.54, 1.807) is 6.92 Å². The summed E-state index contributed by atoms with van der Waals surface area (Å²) in [5.41, 5.74) is 11.0. The summed E-state index contributed by atoms with van der Waals surface area (Å²) in [5, 5.41) is 5.26. The predicted octanol–water partition coefficient (Wildman–Crippen LogP) is 3.36. The maximum atomic E-state index is 13.1. The molecular formula is C30H43N5O4. The molecule has 3 amide bonds. The highest BCUT2D eigenvalue weighted by Gasteiger charge is 2.32. The first-order valence-corrected chi connectivity index (χ1v) is 13.8.